The monoisotopic (exact) mass is 382 g/mol. The number of ether oxygens (including phenoxy) is 2. The zero-order chi connectivity index (χ0) is 19.0. The summed E-state index contributed by atoms with van der Waals surface area (Å²) in [7, 11) is 1.65. The number of hydrogen-bond donors (Lipinski definition) is 1. The molecule has 1 fully saturated rings. The topological polar surface area (TPSA) is 88.4 Å². The number of carboxylic acids is 1. The van der Waals surface area contributed by atoms with Crippen LogP contribution in [0.2, 0.25) is 0 Å². The summed E-state index contributed by atoms with van der Waals surface area (Å²) in [5, 5.41) is 9.48. The number of amides is 1. The molecule has 1 saturated heterocycles. The second-order valence-electron chi connectivity index (χ2n) is 5.83. The zero-order valence-electron chi connectivity index (χ0n) is 14.2. The normalized spacial score (nSPS) is 18.6. The lowest BCUT2D eigenvalue weighted by Gasteiger charge is -2.07. The van der Waals surface area contributed by atoms with E-state index in [9.17, 15) is 9.59 Å². The van der Waals surface area contributed by atoms with E-state index in [2.05, 4.69) is 4.99 Å². The van der Waals surface area contributed by atoms with Gasteiger partial charge in [-0.05, 0) is 59.8 Å². The maximum absolute atomic E-state index is 12.5. The van der Waals surface area contributed by atoms with E-state index in [1.807, 2.05) is 18.2 Å². The molecule has 0 unspecified atom stereocenters. The Labute approximate surface area is 158 Å². The van der Waals surface area contributed by atoms with Crippen LogP contribution in [-0.2, 0) is 4.79 Å². The van der Waals surface area contributed by atoms with Crippen LogP contribution in [0.1, 0.15) is 15.9 Å². The van der Waals surface area contributed by atoms with Crippen LogP contribution in [0.15, 0.2) is 52.4 Å². The van der Waals surface area contributed by atoms with Crippen LogP contribution in [0.5, 0.6) is 11.5 Å². The molecular formula is C19H14N2O5S. The third-order valence-electron chi connectivity index (χ3n) is 4.04. The highest BCUT2D eigenvalue weighted by Gasteiger charge is 2.30. The standard InChI is InChI=1S/C19H14N2O5S/c1-21-17(22)16(9-11-2-7-14-15(8-11)26-10-25-14)27-19(21)20-13-5-3-12(4-6-13)18(23)24/h2-9H,10H2,1H3,(H,23,24)/b16-9-,20-19?. The van der Waals surface area contributed by atoms with Crippen molar-refractivity contribution in [3.05, 3.63) is 58.5 Å². The van der Waals surface area contributed by atoms with E-state index in [0.717, 1.165) is 5.56 Å². The van der Waals surface area contributed by atoms with Crippen molar-refractivity contribution in [3.8, 4) is 11.5 Å². The minimum absolute atomic E-state index is 0.154. The minimum Gasteiger partial charge on any atom is -0.478 e. The average molecular weight is 382 g/mol. The summed E-state index contributed by atoms with van der Waals surface area (Å²) in [5.41, 5.74) is 1.59. The summed E-state index contributed by atoms with van der Waals surface area (Å²) < 4.78 is 10.6. The van der Waals surface area contributed by atoms with Gasteiger partial charge in [-0.3, -0.25) is 9.69 Å². The van der Waals surface area contributed by atoms with Gasteiger partial charge >= 0.3 is 5.97 Å². The van der Waals surface area contributed by atoms with Crippen molar-refractivity contribution in [2.75, 3.05) is 13.8 Å². The minimum atomic E-state index is -0.995. The predicted octanol–water partition coefficient (Wildman–Crippen LogP) is 3.35. The summed E-state index contributed by atoms with van der Waals surface area (Å²) in [4.78, 5) is 29.9. The van der Waals surface area contributed by atoms with Crippen LogP contribution in [0.25, 0.3) is 6.08 Å². The number of carboxylic acid groups (broad SMARTS) is 1. The Bertz CT molecular complexity index is 998. The molecule has 0 radical (unpaired) electrons. The molecule has 0 atom stereocenters. The fraction of sp³-hybridized carbons (Fsp3) is 0.105. The lowest BCUT2D eigenvalue weighted by Crippen LogP contribution is -2.23. The Hall–Kier alpha value is -3.26. The average Bonchev–Trinajstić information content (AvgIpc) is 3.22. The van der Waals surface area contributed by atoms with Crippen molar-refractivity contribution in [2.45, 2.75) is 0 Å². The first kappa shape index (κ1) is 17.2. The van der Waals surface area contributed by atoms with Gasteiger partial charge in [0, 0.05) is 7.05 Å². The zero-order valence-corrected chi connectivity index (χ0v) is 15.0. The fourth-order valence-electron chi connectivity index (χ4n) is 2.59. The number of rotatable bonds is 3. The van der Waals surface area contributed by atoms with Crippen LogP contribution in [0.3, 0.4) is 0 Å². The summed E-state index contributed by atoms with van der Waals surface area (Å²) in [6.07, 6.45) is 1.78. The Morgan fingerprint density at radius 3 is 2.67 bits per heavy atom. The number of nitrogens with zero attached hydrogens (tertiary/aromatic N) is 2. The van der Waals surface area contributed by atoms with Gasteiger partial charge in [0.05, 0.1) is 16.2 Å². The van der Waals surface area contributed by atoms with E-state index >= 15 is 0 Å². The van der Waals surface area contributed by atoms with Crippen molar-refractivity contribution in [1.29, 1.82) is 0 Å². The number of aliphatic imine (C=N–C) groups is 1. The van der Waals surface area contributed by atoms with Gasteiger partial charge in [0.25, 0.3) is 5.91 Å². The second kappa shape index (κ2) is 6.81. The summed E-state index contributed by atoms with van der Waals surface area (Å²) in [5.74, 6) is 0.191. The Morgan fingerprint density at radius 2 is 1.93 bits per heavy atom. The number of fused-ring (bicyclic) bond motifs is 1. The molecule has 2 aromatic rings. The van der Waals surface area contributed by atoms with Crippen molar-refractivity contribution in [1.82, 2.24) is 4.90 Å². The first-order valence-corrected chi connectivity index (χ1v) is 8.82. The van der Waals surface area contributed by atoms with Crippen LogP contribution in [-0.4, -0.2) is 40.9 Å². The number of aromatic carboxylic acids is 1. The molecular weight excluding hydrogens is 368 g/mol. The van der Waals surface area contributed by atoms with E-state index in [1.165, 1.54) is 28.8 Å². The molecule has 2 aromatic carbocycles. The largest absolute Gasteiger partial charge is 0.478 e. The molecule has 7 nitrogen and oxygen atoms in total. The molecule has 2 heterocycles. The second-order valence-corrected chi connectivity index (χ2v) is 6.84. The van der Waals surface area contributed by atoms with Gasteiger partial charge in [-0.1, -0.05) is 6.07 Å². The van der Waals surface area contributed by atoms with Crippen molar-refractivity contribution in [3.63, 3.8) is 0 Å². The lowest BCUT2D eigenvalue weighted by atomic mass is 10.2. The highest BCUT2D eigenvalue weighted by Crippen LogP contribution is 2.36. The first-order chi connectivity index (χ1) is 13.0. The van der Waals surface area contributed by atoms with Crippen molar-refractivity contribution in [2.24, 2.45) is 4.99 Å². The van der Waals surface area contributed by atoms with Gasteiger partial charge in [-0.15, -0.1) is 0 Å². The van der Waals surface area contributed by atoms with Crippen LogP contribution in [0, 0.1) is 0 Å². The third-order valence-corrected chi connectivity index (χ3v) is 5.10. The third kappa shape index (κ3) is 3.39. The van der Waals surface area contributed by atoms with E-state index in [1.54, 1.807) is 25.3 Å². The molecule has 1 N–H and O–H groups in total. The van der Waals surface area contributed by atoms with Crippen LogP contribution in [0.4, 0.5) is 5.69 Å². The number of carbonyl (C=O) groups excluding carboxylic acids is 1. The van der Waals surface area contributed by atoms with E-state index in [0.29, 0.717) is 27.3 Å². The Kier molecular flexibility index (Phi) is 4.33. The van der Waals surface area contributed by atoms with Gasteiger partial charge in [0.2, 0.25) is 6.79 Å². The number of hydrogen-bond acceptors (Lipinski definition) is 6. The molecule has 2 aliphatic rings. The molecule has 0 bridgehead atoms. The fourth-order valence-corrected chi connectivity index (χ4v) is 3.58. The highest BCUT2D eigenvalue weighted by molar-refractivity contribution is 8.18. The molecule has 0 aliphatic carbocycles. The van der Waals surface area contributed by atoms with Gasteiger partial charge in [0.1, 0.15) is 0 Å². The van der Waals surface area contributed by atoms with Crippen molar-refractivity contribution >= 4 is 40.6 Å². The maximum atomic E-state index is 12.5. The van der Waals surface area contributed by atoms with E-state index in [-0.39, 0.29) is 18.3 Å². The quantitative estimate of drug-likeness (QED) is 0.819. The Morgan fingerprint density at radius 1 is 1.19 bits per heavy atom. The summed E-state index contributed by atoms with van der Waals surface area (Å²) in [6.45, 7) is 0.198. The predicted molar refractivity (Wildman–Crippen MR) is 101 cm³/mol. The first-order valence-electron chi connectivity index (χ1n) is 8.00. The lowest BCUT2D eigenvalue weighted by molar-refractivity contribution is -0.121. The van der Waals surface area contributed by atoms with Gasteiger partial charge in [0.15, 0.2) is 16.7 Å². The smallest absolute Gasteiger partial charge is 0.335 e. The molecule has 8 heteroatoms. The summed E-state index contributed by atoms with van der Waals surface area (Å²) >= 11 is 1.26. The van der Waals surface area contributed by atoms with Gasteiger partial charge in [-0.25, -0.2) is 9.79 Å². The number of carbonyl (C=O) groups is 2. The van der Waals surface area contributed by atoms with Gasteiger partial charge < -0.3 is 14.6 Å². The highest BCUT2D eigenvalue weighted by atomic mass is 32.2. The van der Waals surface area contributed by atoms with E-state index < -0.39 is 5.97 Å². The Balaban J connectivity index is 1.58. The summed E-state index contributed by atoms with van der Waals surface area (Å²) in [6, 6.07) is 11.7. The molecule has 4 rings (SSSR count). The van der Waals surface area contributed by atoms with Crippen LogP contribution < -0.4 is 9.47 Å². The van der Waals surface area contributed by atoms with Crippen molar-refractivity contribution < 1.29 is 24.2 Å². The SMILES string of the molecule is CN1C(=O)/C(=C/c2ccc3c(c2)OCO3)SC1=Nc1ccc(C(=O)O)cc1. The molecule has 1 amide bonds. The number of thioether (sulfide) groups is 1. The van der Waals surface area contributed by atoms with E-state index in [4.69, 9.17) is 14.6 Å². The molecule has 0 spiro atoms. The molecule has 27 heavy (non-hydrogen) atoms. The maximum Gasteiger partial charge on any atom is 0.335 e. The van der Waals surface area contributed by atoms with Crippen LogP contribution >= 0.6 is 11.8 Å². The number of benzene rings is 2. The van der Waals surface area contributed by atoms with Gasteiger partial charge in [-0.2, -0.15) is 0 Å². The number of likely N-dealkylation sites (N-methyl/N-ethyl adjacent to an activating group) is 1. The molecule has 0 saturated carbocycles. The molecule has 136 valence electrons. The number of amidine groups is 1. The molecule has 2 aliphatic heterocycles. The molecule has 0 aromatic heterocycles.